The molecule has 3 amide bonds. The molecule has 1 aromatic rings. The van der Waals surface area contributed by atoms with Gasteiger partial charge in [-0.1, -0.05) is 29.8 Å². The zero-order valence-electron chi connectivity index (χ0n) is 10.8. The van der Waals surface area contributed by atoms with Crippen LogP contribution in [0, 0.1) is 0 Å². The Morgan fingerprint density at radius 2 is 2.10 bits per heavy atom. The number of amides is 3. The fraction of sp³-hybridized carbons (Fsp3) is 0.429. The number of aliphatic hydroxyl groups excluding tert-OH is 1. The first-order valence-electron chi connectivity index (χ1n) is 6.64. The highest BCUT2D eigenvalue weighted by Gasteiger charge is 2.47. The van der Waals surface area contributed by atoms with Crippen LogP contribution in [0.3, 0.4) is 0 Å². The van der Waals surface area contributed by atoms with Crippen LogP contribution in [0.1, 0.15) is 24.5 Å². The fourth-order valence-electron chi connectivity index (χ4n) is 2.87. The standard InChI is InChI=1S/C14H15ClN2O3/c15-10-5-2-1-4-9(10)12(18)8-17-13(19)11-6-3-7-16(11)14(17)20/h1-2,4-5,11-12,18H,3,6-8H2/t11-,12+/m1/s1. The van der Waals surface area contributed by atoms with Crippen molar-refractivity contribution in [3.8, 4) is 0 Å². The first-order chi connectivity index (χ1) is 9.59. The maximum absolute atomic E-state index is 12.2. The highest BCUT2D eigenvalue weighted by atomic mass is 35.5. The smallest absolute Gasteiger partial charge is 0.327 e. The summed E-state index contributed by atoms with van der Waals surface area (Å²) in [5.74, 6) is -0.210. The van der Waals surface area contributed by atoms with Gasteiger partial charge in [-0.2, -0.15) is 0 Å². The maximum atomic E-state index is 12.2. The van der Waals surface area contributed by atoms with Crippen LogP contribution in [0.15, 0.2) is 24.3 Å². The van der Waals surface area contributed by atoms with Crippen molar-refractivity contribution in [1.29, 1.82) is 0 Å². The van der Waals surface area contributed by atoms with E-state index in [9.17, 15) is 14.7 Å². The molecule has 2 atom stereocenters. The highest BCUT2D eigenvalue weighted by Crippen LogP contribution is 2.30. The van der Waals surface area contributed by atoms with E-state index in [-0.39, 0.29) is 24.5 Å². The molecular weight excluding hydrogens is 280 g/mol. The largest absolute Gasteiger partial charge is 0.386 e. The zero-order valence-corrected chi connectivity index (χ0v) is 11.6. The molecule has 2 fully saturated rings. The van der Waals surface area contributed by atoms with E-state index in [1.165, 1.54) is 0 Å². The molecule has 5 nitrogen and oxygen atoms in total. The van der Waals surface area contributed by atoms with Crippen LogP contribution in [0.25, 0.3) is 0 Å². The third-order valence-electron chi connectivity index (χ3n) is 3.90. The maximum Gasteiger partial charge on any atom is 0.327 e. The van der Waals surface area contributed by atoms with Crippen LogP contribution in [-0.4, -0.2) is 46.0 Å². The van der Waals surface area contributed by atoms with Crippen molar-refractivity contribution in [3.05, 3.63) is 34.9 Å². The summed E-state index contributed by atoms with van der Waals surface area (Å²) in [6, 6.07) is 6.26. The Kier molecular flexibility index (Phi) is 3.40. The van der Waals surface area contributed by atoms with Crippen molar-refractivity contribution in [2.75, 3.05) is 13.1 Å². The number of carbonyl (C=O) groups is 2. The van der Waals surface area contributed by atoms with E-state index in [4.69, 9.17) is 11.6 Å². The number of halogens is 1. The Balaban J connectivity index is 1.77. The minimum absolute atomic E-state index is 0.0472. The molecule has 20 heavy (non-hydrogen) atoms. The molecule has 106 valence electrons. The minimum Gasteiger partial charge on any atom is -0.386 e. The summed E-state index contributed by atoms with van der Waals surface area (Å²) in [5, 5.41) is 10.6. The Labute approximate surface area is 121 Å². The van der Waals surface area contributed by atoms with E-state index in [1.54, 1.807) is 29.2 Å². The molecule has 0 aromatic heterocycles. The molecule has 0 radical (unpaired) electrons. The lowest BCUT2D eigenvalue weighted by atomic mass is 10.1. The number of aliphatic hydroxyl groups is 1. The molecule has 6 heteroatoms. The minimum atomic E-state index is -0.961. The molecule has 2 aliphatic rings. The predicted octanol–water partition coefficient (Wildman–Crippen LogP) is 1.80. The van der Waals surface area contributed by atoms with Crippen molar-refractivity contribution < 1.29 is 14.7 Å². The summed E-state index contributed by atoms with van der Waals surface area (Å²) in [6.45, 7) is 0.572. The summed E-state index contributed by atoms with van der Waals surface area (Å²) in [7, 11) is 0. The van der Waals surface area contributed by atoms with Gasteiger partial charge in [-0.05, 0) is 18.9 Å². The van der Waals surface area contributed by atoms with Gasteiger partial charge in [0.1, 0.15) is 6.04 Å². The first kappa shape index (κ1) is 13.4. The monoisotopic (exact) mass is 294 g/mol. The molecule has 1 N–H and O–H groups in total. The van der Waals surface area contributed by atoms with Gasteiger partial charge < -0.3 is 10.0 Å². The van der Waals surface area contributed by atoms with Crippen LogP contribution < -0.4 is 0 Å². The van der Waals surface area contributed by atoms with E-state index < -0.39 is 6.10 Å². The zero-order chi connectivity index (χ0) is 14.3. The van der Waals surface area contributed by atoms with Gasteiger partial charge >= 0.3 is 6.03 Å². The van der Waals surface area contributed by atoms with Gasteiger partial charge in [0.25, 0.3) is 5.91 Å². The molecular formula is C14H15ClN2O3. The Morgan fingerprint density at radius 3 is 2.80 bits per heavy atom. The number of urea groups is 1. The third-order valence-corrected chi connectivity index (χ3v) is 4.24. The number of carbonyl (C=O) groups excluding carboxylic acids is 2. The summed E-state index contributed by atoms with van der Waals surface area (Å²) >= 11 is 6.01. The second kappa shape index (κ2) is 5.07. The van der Waals surface area contributed by atoms with Gasteiger partial charge in [0.15, 0.2) is 0 Å². The van der Waals surface area contributed by atoms with Crippen molar-refractivity contribution in [3.63, 3.8) is 0 Å². The highest BCUT2D eigenvalue weighted by molar-refractivity contribution is 6.31. The number of hydrogen-bond acceptors (Lipinski definition) is 3. The first-order valence-corrected chi connectivity index (χ1v) is 7.02. The average molecular weight is 295 g/mol. The van der Waals surface area contributed by atoms with Crippen LogP contribution in [0.2, 0.25) is 5.02 Å². The number of imide groups is 1. The van der Waals surface area contributed by atoms with Gasteiger partial charge in [0.2, 0.25) is 0 Å². The van der Waals surface area contributed by atoms with Crippen LogP contribution >= 0.6 is 11.6 Å². The second-order valence-corrected chi connectivity index (χ2v) is 5.53. The van der Waals surface area contributed by atoms with E-state index in [0.717, 1.165) is 11.3 Å². The van der Waals surface area contributed by atoms with Crippen molar-refractivity contribution in [2.24, 2.45) is 0 Å². The van der Waals surface area contributed by atoms with Gasteiger partial charge in [0, 0.05) is 17.1 Å². The summed E-state index contributed by atoms with van der Waals surface area (Å²) < 4.78 is 0. The van der Waals surface area contributed by atoms with Crippen molar-refractivity contribution in [2.45, 2.75) is 25.0 Å². The predicted molar refractivity (Wildman–Crippen MR) is 73.2 cm³/mol. The molecule has 0 aliphatic carbocycles. The van der Waals surface area contributed by atoms with E-state index in [0.29, 0.717) is 23.6 Å². The summed E-state index contributed by atoms with van der Waals surface area (Å²) in [6.07, 6.45) is 0.614. The van der Waals surface area contributed by atoms with Crippen molar-refractivity contribution >= 4 is 23.5 Å². The molecule has 0 bridgehead atoms. The van der Waals surface area contributed by atoms with Gasteiger partial charge in [-0.3, -0.25) is 9.69 Å². The molecule has 0 unspecified atom stereocenters. The molecule has 0 saturated carbocycles. The summed E-state index contributed by atoms with van der Waals surface area (Å²) in [4.78, 5) is 27.0. The SMILES string of the molecule is O=C1[C@H]2CCCN2C(=O)N1C[C@H](O)c1ccccc1Cl. The molecule has 2 aliphatic heterocycles. The Morgan fingerprint density at radius 1 is 1.35 bits per heavy atom. The molecule has 1 aromatic carbocycles. The number of rotatable bonds is 3. The lowest BCUT2D eigenvalue weighted by Crippen LogP contribution is -2.36. The average Bonchev–Trinajstić information content (AvgIpc) is 2.99. The second-order valence-electron chi connectivity index (χ2n) is 5.12. The number of benzene rings is 1. The van der Waals surface area contributed by atoms with E-state index in [2.05, 4.69) is 0 Å². The van der Waals surface area contributed by atoms with Gasteiger partial charge in [0.05, 0.1) is 12.6 Å². The van der Waals surface area contributed by atoms with E-state index >= 15 is 0 Å². The van der Waals surface area contributed by atoms with Crippen LogP contribution in [-0.2, 0) is 4.79 Å². The van der Waals surface area contributed by atoms with Gasteiger partial charge in [-0.15, -0.1) is 0 Å². The Bertz CT molecular complexity index is 541. The molecule has 2 heterocycles. The van der Waals surface area contributed by atoms with Crippen LogP contribution in [0.4, 0.5) is 4.79 Å². The van der Waals surface area contributed by atoms with Gasteiger partial charge in [-0.25, -0.2) is 4.79 Å². The lowest BCUT2D eigenvalue weighted by Gasteiger charge is -2.20. The number of fused-ring (bicyclic) bond motifs is 1. The molecule has 0 spiro atoms. The normalized spacial score (nSPS) is 23.4. The fourth-order valence-corrected chi connectivity index (χ4v) is 3.13. The van der Waals surface area contributed by atoms with Crippen LogP contribution in [0.5, 0.6) is 0 Å². The molecule has 2 saturated heterocycles. The van der Waals surface area contributed by atoms with Crippen molar-refractivity contribution in [1.82, 2.24) is 9.80 Å². The summed E-state index contributed by atoms with van der Waals surface area (Å²) in [5.41, 5.74) is 0.529. The Hall–Kier alpha value is -1.59. The quantitative estimate of drug-likeness (QED) is 0.865. The third kappa shape index (κ3) is 2.07. The van der Waals surface area contributed by atoms with E-state index in [1.807, 2.05) is 0 Å². The molecule has 3 rings (SSSR count). The number of nitrogens with zero attached hydrogens (tertiary/aromatic N) is 2. The topological polar surface area (TPSA) is 60.9 Å². The number of hydrogen-bond donors (Lipinski definition) is 1. The lowest BCUT2D eigenvalue weighted by molar-refractivity contribution is -0.128. The number of β-amino-alcohol motifs (C(OH)–C–C–N with tert-alkyl or cyclic N) is 1.